The topological polar surface area (TPSA) is 72.6 Å². The lowest BCUT2D eigenvalue weighted by molar-refractivity contribution is -0.151. The molecular formula is C7H15NO3. The Morgan fingerprint density at radius 1 is 1.82 bits per heavy atom. The lowest BCUT2D eigenvalue weighted by Gasteiger charge is -2.27. The molecule has 0 radical (unpaired) electrons. The normalized spacial score (nSPS) is 18.6. The van der Waals surface area contributed by atoms with E-state index in [4.69, 9.17) is 10.8 Å². The fourth-order valence-corrected chi connectivity index (χ4v) is 0.800. The monoisotopic (exact) mass is 161 g/mol. The summed E-state index contributed by atoms with van der Waals surface area (Å²) in [4.78, 5) is 11.0. The first kappa shape index (κ1) is 10.4. The summed E-state index contributed by atoms with van der Waals surface area (Å²) in [6.45, 7) is 3.20. The minimum atomic E-state index is -1.26. The van der Waals surface area contributed by atoms with Gasteiger partial charge in [-0.15, -0.1) is 0 Å². The maximum Gasteiger partial charge on any atom is 0.328 e. The number of methoxy groups -OCH3 is 1. The minimum Gasteiger partial charge on any atom is -0.468 e. The molecule has 0 aromatic heterocycles. The summed E-state index contributed by atoms with van der Waals surface area (Å²) in [6, 6.07) is 0. The zero-order valence-corrected chi connectivity index (χ0v) is 7.13. The van der Waals surface area contributed by atoms with E-state index in [-0.39, 0.29) is 0 Å². The number of ether oxygens (including phenoxy) is 1. The zero-order valence-electron chi connectivity index (χ0n) is 7.13. The van der Waals surface area contributed by atoms with E-state index in [1.54, 1.807) is 6.92 Å². The molecule has 4 heteroatoms. The van der Waals surface area contributed by atoms with Gasteiger partial charge in [0, 0.05) is 0 Å². The summed E-state index contributed by atoms with van der Waals surface area (Å²) >= 11 is 0. The fourth-order valence-electron chi connectivity index (χ4n) is 0.800. The Bertz CT molecular complexity index is 147. The predicted molar refractivity (Wildman–Crippen MR) is 40.9 cm³/mol. The Labute approximate surface area is 66.3 Å². The molecule has 0 aliphatic rings. The number of hydrogen-bond donors (Lipinski definition) is 2. The first-order valence-corrected chi connectivity index (χ1v) is 3.54. The van der Waals surface area contributed by atoms with Crippen LogP contribution in [0.5, 0.6) is 0 Å². The molecule has 2 atom stereocenters. The number of esters is 1. The first-order chi connectivity index (χ1) is 4.99. The van der Waals surface area contributed by atoms with E-state index in [1.165, 1.54) is 14.0 Å². The number of rotatable bonds is 3. The number of carbonyl (C=O) groups is 1. The molecule has 0 saturated heterocycles. The van der Waals surface area contributed by atoms with Crippen LogP contribution in [0.1, 0.15) is 20.3 Å². The van der Waals surface area contributed by atoms with Gasteiger partial charge in [-0.1, -0.05) is 6.92 Å². The summed E-state index contributed by atoms with van der Waals surface area (Å²) in [5, 5.41) is 9.15. The molecule has 0 fully saturated rings. The van der Waals surface area contributed by atoms with Crippen LogP contribution in [0.15, 0.2) is 0 Å². The van der Waals surface area contributed by atoms with Gasteiger partial charge in [0.25, 0.3) is 0 Å². The van der Waals surface area contributed by atoms with Gasteiger partial charge in [0.1, 0.15) is 5.54 Å². The molecule has 0 aliphatic heterocycles. The molecule has 4 nitrogen and oxygen atoms in total. The van der Waals surface area contributed by atoms with Gasteiger partial charge in [-0.05, 0) is 13.3 Å². The summed E-state index contributed by atoms with van der Waals surface area (Å²) < 4.78 is 4.44. The molecule has 66 valence electrons. The molecule has 0 amide bonds. The van der Waals surface area contributed by atoms with Crippen molar-refractivity contribution in [1.82, 2.24) is 0 Å². The second-order valence-electron chi connectivity index (χ2n) is 2.56. The van der Waals surface area contributed by atoms with Crippen LogP contribution < -0.4 is 5.73 Å². The Morgan fingerprint density at radius 3 is 2.36 bits per heavy atom. The molecule has 0 aliphatic carbocycles. The smallest absolute Gasteiger partial charge is 0.328 e. The second kappa shape index (κ2) is 3.69. The van der Waals surface area contributed by atoms with Gasteiger partial charge in [0.05, 0.1) is 13.2 Å². The van der Waals surface area contributed by atoms with E-state index >= 15 is 0 Å². The van der Waals surface area contributed by atoms with Crippen LogP contribution in [0.3, 0.4) is 0 Å². The molecule has 0 saturated carbocycles. The molecule has 0 bridgehead atoms. The van der Waals surface area contributed by atoms with Crippen LogP contribution >= 0.6 is 0 Å². The van der Waals surface area contributed by atoms with E-state index in [0.29, 0.717) is 6.42 Å². The van der Waals surface area contributed by atoms with Crippen molar-refractivity contribution < 1.29 is 14.6 Å². The third-order valence-electron chi connectivity index (χ3n) is 1.90. The third-order valence-corrected chi connectivity index (χ3v) is 1.90. The van der Waals surface area contributed by atoms with E-state index in [9.17, 15) is 4.79 Å². The molecule has 0 spiro atoms. The minimum absolute atomic E-state index is 0.358. The SMILES string of the molecule is CC[C@@](N)(C(=O)OC)[C@@H](C)O. The van der Waals surface area contributed by atoms with Crippen LogP contribution in [0, 0.1) is 0 Å². The Balaban J connectivity index is 4.45. The van der Waals surface area contributed by atoms with Gasteiger partial charge in [0.2, 0.25) is 0 Å². The Hall–Kier alpha value is -0.610. The summed E-state index contributed by atoms with van der Waals surface area (Å²) in [7, 11) is 1.25. The molecule has 0 unspecified atom stereocenters. The molecule has 11 heavy (non-hydrogen) atoms. The van der Waals surface area contributed by atoms with E-state index in [1.807, 2.05) is 0 Å². The Morgan fingerprint density at radius 2 is 2.27 bits per heavy atom. The average molecular weight is 161 g/mol. The van der Waals surface area contributed by atoms with Crippen molar-refractivity contribution in [2.75, 3.05) is 7.11 Å². The van der Waals surface area contributed by atoms with Crippen molar-refractivity contribution in [2.24, 2.45) is 5.73 Å². The van der Waals surface area contributed by atoms with Crippen molar-refractivity contribution in [1.29, 1.82) is 0 Å². The number of aliphatic hydroxyl groups excluding tert-OH is 1. The van der Waals surface area contributed by atoms with Crippen molar-refractivity contribution >= 4 is 5.97 Å². The van der Waals surface area contributed by atoms with E-state index in [0.717, 1.165) is 0 Å². The highest BCUT2D eigenvalue weighted by Crippen LogP contribution is 2.13. The lowest BCUT2D eigenvalue weighted by Crippen LogP contribution is -2.56. The Kier molecular flexibility index (Phi) is 3.48. The van der Waals surface area contributed by atoms with Crippen molar-refractivity contribution in [3.63, 3.8) is 0 Å². The maximum atomic E-state index is 11.0. The number of nitrogens with two attached hydrogens (primary N) is 1. The van der Waals surface area contributed by atoms with E-state index in [2.05, 4.69) is 4.74 Å². The number of carbonyl (C=O) groups excluding carboxylic acids is 1. The highest BCUT2D eigenvalue weighted by atomic mass is 16.5. The number of hydrogen-bond acceptors (Lipinski definition) is 4. The molecule has 0 rings (SSSR count). The van der Waals surface area contributed by atoms with Gasteiger partial charge >= 0.3 is 5.97 Å². The van der Waals surface area contributed by atoms with Gasteiger partial charge in [-0.25, -0.2) is 4.79 Å². The van der Waals surface area contributed by atoms with Crippen LogP contribution in [-0.4, -0.2) is 29.8 Å². The van der Waals surface area contributed by atoms with Crippen LogP contribution in [-0.2, 0) is 9.53 Å². The summed E-state index contributed by atoms with van der Waals surface area (Å²) in [6.07, 6.45) is -0.530. The van der Waals surface area contributed by atoms with Gasteiger partial charge in [-0.3, -0.25) is 0 Å². The first-order valence-electron chi connectivity index (χ1n) is 3.54. The highest BCUT2D eigenvalue weighted by molar-refractivity contribution is 5.81. The highest BCUT2D eigenvalue weighted by Gasteiger charge is 2.38. The largest absolute Gasteiger partial charge is 0.468 e. The van der Waals surface area contributed by atoms with Crippen LogP contribution in [0.2, 0.25) is 0 Å². The quantitative estimate of drug-likeness (QED) is 0.555. The second-order valence-corrected chi connectivity index (χ2v) is 2.56. The van der Waals surface area contributed by atoms with Gasteiger partial charge in [0.15, 0.2) is 0 Å². The average Bonchev–Trinajstić information content (AvgIpc) is 2.01. The number of aliphatic hydroxyl groups is 1. The molecule has 0 aromatic carbocycles. The molecule has 3 N–H and O–H groups in total. The third kappa shape index (κ3) is 1.91. The van der Waals surface area contributed by atoms with Gasteiger partial charge in [-0.2, -0.15) is 0 Å². The van der Waals surface area contributed by atoms with Gasteiger partial charge < -0.3 is 15.6 Å². The van der Waals surface area contributed by atoms with Crippen molar-refractivity contribution in [3.05, 3.63) is 0 Å². The molecule has 0 aromatic rings. The molecular weight excluding hydrogens is 146 g/mol. The lowest BCUT2D eigenvalue weighted by atomic mass is 9.92. The summed E-state index contributed by atoms with van der Waals surface area (Å²) in [5.41, 5.74) is 4.31. The van der Waals surface area contributed by atoms with E-state index < -0.39 is 17.6 Å². The standard InChI is InChI=1S/C7H15NO3/c1-4-7(8,5(2)9)6(10)11-3/h5,9H,4,8H2,1-3H3/t5-,7+/m1/s1. The van der Waals surface area contributed by atoms with Crippen molar-refractivity contribution in [3.8, 4) is 0 Å². The van der Waals surface area contributed by atoms with Crippen molar-refractivity contribution in [2.45, 2.75) is 31.9 Å². The molecule has 0 heterocycles. The maximum absolute atomic E-state index is 11.0. The predicted octanol–water partition coefficient (Wildman–Crippen LogP) is -0.352. The van der Waals surface area contributed by atoms with Crippen LogP contribution in [0.4, 0.5) is 0 Å². The van der Waals surface area contributed by atoms with Crippen LogP contribution in [0.25, 0.3) is 0 Å². The zero-order chi connectivity index (χ0) is 9.07. The fraction of sp³-hybridized carbons (Fsp3) is 0.857. The summed E-state index contributed by atoms with van der Waals surface area (Å²) in [5.74, 6) is -0.574.